The molecule has 0 aromatic rings. The lowest BCUT2D eigenvalue weighted by Crippen LogP contribution is -2.51. The Labute approximate surface area is 175 Å². The lowest BCUT2D eigenvalue weighted by Gasteiger charge is -2.39. The minimum Gasteiger partial charge on any atom is -0.457 e. The van der Waals surface area contributed by atoms with Gasteiger partial charge in [0, 0.05) is 6.42 Å². The van der Waals surface area contributed by atoms with E-state index in [0.717, 1.165) is 12.8 Å². The van der Waals surface area contributed by atoms with Crippen molar-refractivity contribution in [2.75, 3.05) is 6.61 Å². The van der Waals surface area contributed by atoms with E-state index in [2.05, 4.69) is 40.8 Å². The SMILES string of the molecule is CC(=O)[C@@]12C[C@@H](OC(=O)CO[Si](C)(C)C(C)(C)C)[C@@](C)(O)[C@@H]3CC[C@@H](C)[C@H]3[C@@H]1O2. The Morgan fingerprint density at radius 2 is 1.86 bits per heavy atom. The van der Waals surface area contributed by atoms with Crippen LogP contribution in [-0.4, -0.2) is 55.2 Å². The van der Waals surface area contributed by atoms with Crippen LogP contribution < -0.4 is 0 Å². The number of aliphatic hydroxyl groups is 1. The van der Waals surface area contributed by atoms with Gasteiger partial charge in [-0.1, -0.05) is 27.7 Å². The summed E-state index contributed by atoms with van der Waals surface area (Å²) in [6, 6.07) is 0. The molecule has 7 heteroatoms. The third-order valence-electron chi connectivity index (χ3n) is 8.26. The minimum atomic E-state index is -2.09. The molecule has 166 valence electrons. The molecule has 0 aromatic carbocycles. The molecule has 0 radical (unpaired) electrons. The molecule has 1 N–H and O–H groups in total. The molecule has 6 nitrogen and oxygen atoms in total. The first-order valence-electron chi connectivity index (χ1n) is 10.9. The first kappa shape index (κ1) is 22.9. The molecule has 1 saturated heterocycles. The van der Waals surface area contributed by atoms with Gasteiger partial charge < -0.3 is 19.0 Å². The molecular weight excluding hydrogens is 388 g/mol. The third-order valence-corrected chi connectivity index (χ3v) is 12.7. The van der Waals surface area contributed by atoms with Gasteiger partial charge in [0.05, 0.1) is 6.10 Å². The summed E-state index contributed by atoms with van der Waals surface area (Å²) in [7, 11) is -2.09. The zero-order valence-electron chi connectivity index (χ0n) is 19.2. The van der Waals surface area contributed by atoms with E-state index in [4.69, 9.17) is 13.9 Å². The number of carbonyl (C=O) groups is 2. The number of epoxide rings is 1. The Bertz CT molecular complexity index is 681. The second-order valence-corrected chi connectivity index (χ2v) is 16.0. The van der Waals surface area contributed by atoms with Crippen LogP contribution in [0.1, 0.15) is 60.8 Å². The van der Waals surface area contributed by atoms with Crippen molar-refractivity contribution in [1.82, 2.24) is 0 Å². The molecular formula is C22H38O6Si. The lowest BCUT2D eigenvalue weighted by atomic mass is 9.76. The molecule has 0 unspecified atom stereocenters. The molecule has 2 aliphatic carbocycles. The molecule has 1 heterocycles. The summed E-state index contributed by atoms with van der Waals surface area (Å²) in [6.45, 7) is 15.8. The van der Waals surface area contributed by atoms with Crippen LogP contribution in [0.2, 0.25) is 18.1 Å². The Morgan fingerprint density at radius 1 is 1.24 bits per heavy atom. The average molecular weight is 427 g/mol. The molecule has 0 aromatic heterocycles. The Morgan fingerprint density at radius 3 is 2.41 bits per heavy atom. The maximum atomic E-state index is 12.7. The number of rotatable bonds is 5. The quantitative estimate of drug-likeness (QED) is 0.412. The fraction of sp³-hybridized carbons (Fsp3) is 0.909. The van der Waals surface area contributed by atoms with E-state index in [1.807, 2.05) is 0 Å². The van der Waals surface area contributed by atoms with Gasteiger partial charge in [-0.25, -0.2) is 4.79 Å². The van der Waals surface area contributed by atoms with Crippen LogP contribution >= 0.6 is 0 Å². The van der Waals surface area contributed by atoms with Crippen LogP contribution in [0.3, 0.4) is 0 Å². The third kappa shape index (κ3) is 3.84. The van der Waals surface area contributed by atoms with Crippen molar-refractivity contribution in [2.45, 2.75) is 102 Å². The molecule has 0 spiro atoms. The van der Waals surface area contributed by atoms with Crippen molar-refractivity contribution in [1.29, 1.82) is 0 Å². The van der Waals surface area contributed by atoms with Gasteiger partial charge in [-0.05, 0) is 62.6 Å². The van der Waals surface area contributed by atoms with Gasteiger partial charge in [0.25, 0.3) is 0 Å². The van der Waals surface area contributed by atoms with E-state index in [9.17, 15) is 14.7 Å². The van der Waals surface area contributed by atoms with Crippen molar-refractivity contribution < 1.29 is 28.6 Å². The highest BCUT2D eigenvalue weighted by Gasteiger charge is 2.72. The molecule has 29 heavy (non-hydrogen) atoms. The van der Waals surface area contributed by atoms with Gasteiger partial charge in [0.2, 0.25) is 0 Å². The molecule has 0 amide bonds. The number of hydrogen-bond acceptors (Lipinski definition) is 6. The standard InChI is InChI=1S/C22H38O6Si/c1-13-9-10-15-18(13)19-22(28-19,14(2)23)11-16(21(15,6)25)27-17(24)12-26-29(7,8)20(3,4)5/h13,15-16,18-19,25H,9-12H2,1-8H3/t13-,15-,16-,18-,19+,21+,22+/m1/s1. The van der Waals surface area contributed by atoms with Gasteiger partial charge in [-0.15, -0.1) is 0 Å². The fourth-order valence-electron chi connectivity index (χ4n) is 5.12. The molecule has 2 saturated carbocycles. The lowest BCUT2D eigenvalue weighted by molar-refractivity contribution is -0.178. The molecule has 0 bridgehead atoms. The van der Waals surface area contributed by atoms with Gasteiger partial charge in [-0.2, -0.15) is 0 Å². The zero-order chi connectivity index (χ0) is 22.0. The largest absolute Gasteiger partial charge is 0.457 e. The van der Waals surface area contributed by atoms with Crippen molar-refractivity contribution in [3.63, 3.8) is 0 Å². The Kier molecular flexibility index (Phi) is 5.64. The monoisotopic (exact) mass is 426 g/mol. The number of esters is 1. The van der Waals surface area contributed by atoms with Crippen LogP contribution in [0.4, 0.5) is 0 Å². The van der Waals surface area contributed by atoms with Gasteiger partial charge in [0.1, 0.15) is 18.3 Å². The average Bonchev–Trinajstić information content (AvgIpc) is 3.17. The fourth-order valence-corrected chi connectivity index (χ4v) is 6.03. The van der Waals surface area contributed by atoms with E-state index in [1.165, 1.54) is 6.92 Å². The Hall–Kier alpha value is -0.763. The number of Topliss-reactive ketones (excluding diaryl/α,β-unsaturated/α-hetero) is 1. The summed E-state index contributed by atoms with van der Waals surface area (Å²) in [5.74, 6) is -0.0994. The minimum absolute atomic E-state index is 0.0118. The predicted octanol–water partition coefficient (Wildman–Crippen LogP) is 3.46. The van der Waals surface area contributed by atoms with Crippen LogP contribution in [-0.2, 0) is 23.5 Å². The van der Waals surface area contributed by atoms with Crippen molar-refractivity contribution in [3.8, 4) is 0 Å². The number of ether oxygens (including phenoxy) is 2. The normalized spacial score (nSPS) is 41.9. The summed E-state index contributed by atoms with van der Waals surface area (Å²) >= 11 is 0. The summed E-state index contributed by atoms with van der Waals surface area (Å²) in [5, 5.41) is 11.5. The van der Waals surface area contributed by atoms with Crippen molar-refractivity contribution in [2.24, 2.45) is 17.8 Å². The van der Waals surface area contributed by atoms with Crippen LogP contribution in [0.5, 0.6) is 0 Å². The summed E-state index contributed by atoms with van der Waals surface area (Å²) in [4.78, 5) is 25.1. The topological polar surface area (TPSA) is 85.4 Å². The first-order valence-corrected chi connectivity index (χ1v) is 13.8. The maximum absolute atomic E-state index is 12.7. The van der Waals surface area contributed by atoms with Crippen LogP contribution in [0.25, 0.3) is 0 Å². The zero-order valence-corrected chi connectivity index (χ0v) is 20.2. The predicted molar refractivity (Wildman–Crippen MR) is 112 cm³/mol. The number of ketones is 1. The van der Waals surface area contributed by atoms with Crippen LogP contribution in [0.15, 0.2) is 0 Å². The van der Waals surface area contributed by atoms with Gasteiger partial charge >= 0.3 is 5.97 Å². The number of hydrogen-bond donors (Lipinski definition) is 1. The summed E-state index contributed by atoms with van der Waals surface area (Å²) in [6.07, 6.45) is 1.08. The summed E-state index contributed by atoms with van der Waals surface area (Å²) < 4.78 is 17.8. The highest BCUT2D eigenvalue weighted by atomic mass is 28.4. The van der Waals surface area contributed by atoms with E-state index >= 15 is 0 Å². The second-order valence-electron chi connectivity index (χ2n) is 11.2. The van der Waals surface area contributed by atoms with Crippen molar-refractivity contribution in [3.05, 3.63) is 0 Å². The molecule has 3 aliphatic rings. The molecule has 3 fully saturated rings. The van der Waals surface area contributed by atoms with Crippen molar-refractivity contribution >= 4 is 20.1 Å². The maximum Gasteiger partial charge on any atom is 0.331 e. The Balaban J connectivity index is 1.77. The van der Waals surface area contributed by atoms with Gasteiger partial charge in [0.15, 0.2) is 19.7 Å². The first-order chi connectivity index (χ1) is 13.1. The molecule has 3 rings (SSSR count). The number of carbonyl (C=O) groups excluding carboxylic acids is 2. The summed E-state index contributed by atoms with van der Waals surface area (Å²) in [5.41, 5.74) is -2.12. The van der Waals surface area contributed by atoms with Crippen LogP contribution in [0, 0.1) is 17.8 Å². The van der Waals surface area contributed by atoms with E-state index in [1.54, 1.807) is 6.92 Å². The van der Waals surface area contributed by atoms with Gasteiger partial charge in [-0.3, -0.25) is 4.79 Å². The highest BCUT2D eigenvalue weighted by molar-refractivity contribution is 6.74. The molecule has 1 aliphatic heterocycles. The smallest absolute Gasteiger partial charge is 0.331 e. The van der Waals surface area contributed by atoms with E-state index < -0.39 is 31.6 Å². The number of fused-ring (bicyclic) bond motifs is 3. The second kappa shape index (κ2) is 7.14. The highest BCUT2D eigenvalue weighted by Crippen LogP contribution is 2.60. The van der Waals surface area contributed by atoms with E-state index in [-0.39, 0.29) is 41.8 Å². The molecule has 7 atom stereocenters. The van der Waals surface area contributed by atoms with E-state index in [0.29, 0.717) is 5.92 Å².